The molecule has 2 heterocycles. The largest absolute Gasteiger partial charge is 0.492 e. The zero-order valence-corrected chi connectivity index (χ0v) is 20.9. The van der Waals surface area contributed by atoms with Crippen LogP contribution in [0.5, 0.6) is 11.5 Å². The Morgan fingerprint density at radius 1 is 0.971 bits per heavy atom. The lowest BCUT2D eigenvalue weighted by molar-refractivity contribution is 0.306. The van der Waals surface area contributed by atoms with Crippen LogP contribution in [-0.2, 0) is 6.61 Å². The fourth-order valence-corrected chi connectivity index (χ4v) is 4.74. The first-order valence-electron chi connectivity index (χ1n) is 11.2. The summed E-state index contributed by atoms with van der Waals surface area (Å²) in [5, 5.41) is 12.1. The number of halogens is 1. The maximum atomic E-state index is 6.36. The van der Waals surface area contributed by atoms with Crippen molar-refractivity contribution in [3.8, 4) is 39.1 Å². The van der Waals surface area contributed by atoms with Crippen LogP contribution >= 0.6 is 22.9 Å². The Morgan fingerprint density at radius 3 is 2.51 bits per heavy atom. The molecule has 0 unspecified atom stereocenters. The number of benzene rings is 3. The van der Waals surface area contributed by atoms with Gasteiger partial charge in [0, 0.05) is 10.9 Å². The summed E-state index contributed by atoms with van der Waals surface area (Å²) in [4.78, 5) is 4.79. The molecule has 2 aromatic heterocycles. The van der Waals surface area contributed by atoms with Crippen LogP contribution in [0.4, 0.5) is 0 Å². The SMILES string of the molecule is CCOc1ccc(-c2csc(-c3nnn(-c4ccc(OCc5ccccc5)cc4)c3C)n2)cc1Cl. The van der Waals surface area contributed by atoms with E-state index in [1.165, 1.54) is 11.3 Å². The summed E-state index contributed by atoms with van der Waals surface area (Å²) in [5.41, 5.74) is 5.46. The van der Waals surface area contributed by atoms with Crippen molar-refractivity contribution < 1.29 is 9.47 Å². The van der Waals surface area contributed by atoms with Crippen LogP contribution in [0.3, 0.4) is 0 Å². The first-order chi connectivity index (χ1) is 17.1. The molecular formula is C27H23ClN4O2S. The number of thiazole rings is 1. The molecule has 0 saturated carbocycles. The first kappa shape index (κ1) is 23.1. The minimum atomic E-state index is 0.526. The molecule has 5 aromatic rings. The lowest BCUT2D eigenvalue weighted by atomic mass is 10.1. The van der Waals surface area contributed by atoms with Crippen LogP contribution in [0, 0.1) is 6.92 Å². The van der Waals surface area contributed by atoms with Crippen LogP contribution < -0.4 is 9.47 Å². The molecule has 0 aliphatic carbocycles. The molecule has 8 heteroatoms. The maximum absolute atomic E-state index is 6.36. The Hall–Kier alpha value is -3.68. The lowest BCUT2D eigenvalue weighted by Crippen LogP contribution is -2.00. The molecule has 6 nitrogen and oxygen atoms in total. The maximum Gasteiger partial charge on any atom is 0.146 e. The van der Waals surface area contributed by atoms with E-state index in [4.69, 9.17) is 26.1 Å². The molecule has 0 bridgehead atoms. The minimum absolute atomic E-state index is 0.526. The number of aromatic nitrogens is 4. The van der Waals surface area contributed by atoms with E-state index in [1.807, 2.05) is 96.7 Å². The highest BCUT2D eigenvalue weighted by molar-refractivity contribution is 7.13. The van der Waals surface area contributed by atoms with Crippen molar-refractivity contribution in [3.63, 3.8) is 0 Å². The van der Waals surface area contributed by atoms with Gasteiger partial charge in [0.05, 0.1) is 28.7 Å². The van der Waals surface area contributed by atoms with Crippen molar-refractivity contribution in [1.29, 1.82) is 0 Å². The van der Waals surface area contributed by atoms with Gasteiger partial charge in [0.25, 0.3) is 0 Å². The van der Waals surface area contributed by atoms with Crippen molar-refractivity contribution in [1.82, 2.24) is 20.0 Å². The number of ether oxygens (including phenoxy) is 2. The molecule has 0 fully saturated rings. The van der Waals surface area contributed by atoms with Crippen LogP contribution in [0.15, 0.2) is 78.2 Å². The van der Waals surface area contributed by atoms with E-state index in [0.717, 1.165) is 44.7 Å². The molecule has 5 rings (SSSR count). The summed E-state index contributed by atoms with van der Waals surface area (Å²) in [6, 6.07) is 23.6. The fraction of sp³-hybridized carbons (Fsp3) is 0.148. The van der Waals surface area contributed by atoms with Gasteiger partial charge < -0.3 is 9.47 Å². The van der Waals surface area contributed by atoms with Gasteiger partial charge in [-0.05, 0) is 61.9 Å². The van der Waals surface area contributed by atoms with E-state index in [0.29, 0.717) is 24.0 Å². The Labute approximate surface area is 212 Å². The molecule has 0 aliphatic rings. The predicted molar refractivity (Wildman–Crippen MR) is 140 cm³/mol. The average Bonchev–Trinajstić information content (AvgIpc) is 3.52. The Bertz CT molecular complexity index is 1430. The molecule has 0 spiro atoms. The standard InChI is InChI=1S/C27H23ClN4O2S/c1-3-33-25-14-9-20(15-23(25)28)24-17-35-27(29-24)26-18(2)32(31-30-26)21-10-12-22(13-11-21)34-16-19-7-5-4-6-8-19/h4-15,17H,3,16H2,1-2H3. The van der Waals surface area contributed by atoms with E-state index in [9.17, 15) is 0 Å². The number of nitrogens with zero attached hydrogens (tertiary/aromatic N) is 4. The molecule has 3 aromatic carbocycles. The molecule has 35 heavy (non-hydrogen) atoms. The van der Waals surface area contributed by atoms with E-state index in [-0.39, 0.29) is 0 Å². The predicted octanol–water partition coefficient (Wildman–Crippen LogP) is 7.00. The van der Waals surface area contributed by atoms with Crippen LogP contribution in [0.2, 0.25) is 5.02 Å². The molecule has 0 amide bonds. The Balaban J connectivity index is 1.32. The lowest BCUT2D eigenvalue weighted by Gasteiger charge is -2.08. The molecule has 0 radical (unpaired) electrons. The van der Waals surface area contributed by atoms with Crippen LogP contribution in [-0.4, -0.2) is 26.6 Å². The molecule has 0 saturated heterocycles. The molecule has 0 atom stereocenters. The number of rotatable bonds is 8. The smallest absolute Gasteiger partial charge is 0.146 e. The quantitative estimate of drug-likeness (QED) is 0.228. The van der Waals surface area contributed by atoms with Gasteiger partial charge in [-0.25, -0.2) is 9.67 Å². The summed E-state index contributed by atoms with van der Waals surface area (Å²) in [6.45, 7) is 5.02. The normalized spacial score (nSPS) is 10.9. The summed E-state index contributed by atoms with van der Waals surface area (Å²) in [6.07, 6.45) is 0. The van der Waals surface area contributed by atoms with Crippen molar-refractivity contribution in [2.45, 2.75) is 20.5 Å². The third kappa shape index (κ3) is 5.06. The van der Waals surface area contributed by atoms with Crippen molar-refractivity contribution in [2.24, 2.45) is 0 Å². The van der Waals surface area contributed by atoms with Crippen LogP contribution in [0.25, 0.3) is 27.6 Å². The van der Waals surface area contributed by atoms with Crippen molar-refractivity contribution in [3.05, 3.63) is 94.5 Å². The van der Waals surface area contributed by atoms with Gasteiger partial charge in [-0.2, -0.15) is 0 Å². The molecule has 0 N–H and O–H groups in total. The zero-order chi connectivity index (χ0) is 24.2. The molecular weight excluding hydrogens is 480 g/mol. The Kier molecular flexibility index (Phi) is 6.79. The topological polar surface area (TPSA) is 62.1 Å². The van der Waals surface area contributed by atoms with E-state index >= 15 is 0 Å². The van der Waals surface area contributed by atoms with Gasteiger partial charge in [0.1, 0.15) is 28.8 Å². The average molecular weight is 503 g/mol. The van der Waals surface area contributed by atoms with Crippen LogP contribution in [0.1, 0.15) is 18.2 Å². The third-order valence-electron chi connectivity index (χ3n) is 5.46. The zero-order valence-electron chi connectivity index (χ0n) is 19.3. The minimum Gasteiger partial charge on any atom is -0.492 e. The van der Waals surface area contributed by atoms with E-state index in [2.05, 4.69) is 10.3 Å². The van der Waals surface area contributed by atoms with Gasteiger partial charge in [0.15, 0.2) is 0 Å². The number of hydrogen-bond acceptors (Lipinski definition) is 6. The van der Waals surface area contributed by atoms with Gasteiger partial charge >= 0.3 is 0 Å². The van der Waals surface area contributed by atoms with E-state index < -0.39 is 0 Å². The van der Waals surface area contributed by atoms with Gasteiger partial charge in [-0.1, -0.05) is 47.1 Å². The second-order valence-electron chi connectivity index (χ2n) is 7.82. The van der Waals surface area contributed by atoms with Crippen molar-refractivity contribution >= 4 is 22.9 Å². The van der Waals surface area contributed by atoms with Gasteiger partial charge in [-0.3, -0.25) is 0 Å². The summed E-state index contributed by atoms with van der Waals surface area (Å²) in [5.74, 6) is 1.47. The van der Waals surface area contributed by atoms with Gasteiger partial charge in [-0.15, -0.1) is 16.4 Å². The Morgan fingerprint density at radius 2 is 1.77 bits per heavy atom. The monoisotopic (exact) mass is 502 g/mol. The highest BCUT2D eigenvalue weighted by Crippen LogP contribution is 2.34. The second-order valence-corrected chi connectivity index (χ2v) is 9.08. The third-order valence-corrected chi connectivity index (χ3v) is 6.60. The van der Waals surface area contributed by atoms with Crippen molar-refractivity contribution in [2.75, 3.05) is 6.61 Å². The first-order valence-corrected chi connectivity index (χ1v) is 12.5. The van der Waals surface area contributed by atoms with E-state index in [1.54, 1.807) is 0 Å². The highest BCUT2D eigenvalue weighted by Gasteiger charge is 2.17. The van der Waals surface area contributed by atoms with Gasteiger partial charge in [0.2, 0.25) is 0 Å². The highest BCUT2D eigenvalue weighted by atomic mass is 35.5. The summed E-state index contributed by atoms with van der Waals surface area (Å²) in [7, 11) is 0. The summed E-state index contributed by atoms with van der Waals surface area (Å²) < 4.78 is 13.2. The number of hydrogen-bond donors (Lipinski definition) is 0. The summed E-state index contributed by atoms with van der Waals surface area (Å²) >= 11 is 7.88. The molecule has 0 aliphatic heterocycles. The second kappa shape index (κ2) is 10.3. The fourth-order valence-electron chi connectivity index (χ4n) is 3.64. The molecule has 176 valence electrons.